The van der Waals surface area contributed by atoms with Gasteiger partial charge in [-0.15, -0.1) is 0 Å². The standard InChI is InChI=1S/C22H25F2N3O4/c1-5-30-18-13(6-7-14(23)17(18)24)16-11(2)22(3,4)31-19(16)21(29)27-12-8-9-26-15(10-12)20(25)28/h6-11,16,19H,5H2,1-4H3,(H2,25,28)(H,26,27,29)/t11-,16-,19-/m1/s1. The van der Waals surface area contributed by atoms with E-state index in [-0.39, 0.29) is 24.0 Å². The minimum atomic E-state index is -1.10. The first-order valence-corrected chi connectivity index (χ1v) is 9.92. The first kappa shape index (κ1) is 22.6. The van der Waals surface area contributed by atoms with E-state index in [9.17, 15) is 18.4 Å². The molecular weight excluding hydrogens is 408 g/mol. The summed E-state index contributed by atoms with van der Waals surface area (Å²) in [7, 11) is 0. The van der Waals surface area contributed by atoms with Gasteiger partial charge in [0.1, 0.15) is 11.8 Å². The number of rotatable bonds is 6. The molecule has 166 valence electrons. The molecule has 1 fully saturated rings. The van der Waals surface area contributed by atoms with Crippen LogP contribution in [0.2, 0.25) is 0 Å². The van der Waals surface area contributed by atoms with Gasteiger partial charge < -0.3 is 20.5 Å². The van der Waals surface area contributed by atoms with Crippen LogP contribution in [0.3, 0.4) is 0 Å². The summed E-state index contributed by atoms with van der Waals surface area (Å²) < 4.78 is 39.8. The van der Waals surface area contributed by atoms with Crippen molar-refractivity contribution in [3.8, 4) is 5.75 Å². The van der Waals surface area contributed by atoms with Gasteiger partial charge in [0.15, 0.2) is 11.6 Å². The van der Waals surface area contributed by atoms with Crippen molar-refractivity contribution in [3.05, 3.63) is 53.4 Å². The van der Waals surface area contributed by atoms with E-state index in [0.717, 1.165) is 6.07 Å². The summed E-state index contributed by atoms with van der Waals surface area (Å²) in [6, 6.07) is 5.30. The second-order valence-corrected chi connectivity index (χ2v) is 7.95. The maximum atomic E-state index is 14.5. The molecule has 1 aliphatic rings. The van der Waals surface area contributed by atoms with E-state index in [1.165, 1.54) is 24.4 Å². The minimum absolute atomic E-state index is 0.00498. The third-order valence-corrected chi connectivity index (χ3v) is 5.66. The number of benzene rings is 1. The number of nitrogens with two attached hydrogens (primary N) is 1. The van der Waals surface area contributed by atoms with Crippen LogP contribution in [0.5, 0.6) is 5.75 Å². The van der Waals surface area contributed by atoms with Crippen molar-refractivity contribution >= 4 is 17.5 Å². The quantitative estimate of drug-likeness (QED) is 0.727. The molecule has 9 heteroatoms. The van der Waals surface area contributed by atoms with Crippen molar-refractivity contribution < 1.29 is 27.8 Å². The largest absolute Gasteiger partial charge is 0.490 e. The Morgan fingerprint density at radius 3 is 2.65 bits per heavy atom. The second-order valence-electron chi connectivity index (χ2n) is 7.95. The molecule has 0 radical (unpaired) electrons. The molecule has 0 saturated carbocycles. The molecule has 0 aliphatic carbocycles. The summed E-state index contributed by atoms with van der Waals surface area (Å²) in [5, 5.41) is 2.69. The molecular formula is C22H25F2N3O4. The minimum Gasteiger partial charge on any atom is -0.490 e. The van der Waals surface area contributed by atoms with E-state index in [0.29, 0.717) is 11.3 Å². The molecule has 3 rings (SSSR count). The Kier molecular flexibility index (Phi) is 6.26. The SMILES string of the molecule is CCOc1c([C@H]2[C@@H](C)C(C)(C)O[C@H]2C(=O)Nc2ccnc(C(N)=O)c2)ccc(F)c1F. The lowest BCUT2D eigenvalue weighted by Crippen LogP contribution is -2.33. The van der Waals surface area contributed by atoms with Crippen molar-refractivity contribution in [1.29, 1.82) is 0 Å². The average Bonchev–Trinajstić information content (AvgIpc) is 2.96. The van der Waals surface area contributed by atoms with Crippen molar-refractivity contribution in [2.24, 2.45) is 11.7 Å². The molecule has 2 aromatic rings. The first-order chi connectivity index (χ1) is 14.6. The average molecular weight is 433 g/mol. The number of carbonyl (C=O) groups excluding carboxylic acids is 2. The molecule has 3 atom stereocenters. The van der Waals surface area contributed by atoms with Crippen molar-refractivity contribution in [1.82, 2.24) is 4.98 Å². The van der Waals surface area contributed by atoms with Gasteiger partial charge in [0.2, 0.25) is 5.82 Å². The van der Waals surface area contributed by atoms with Crippen molar-refractivity contribution in [2.75, 3.05) is 11.9 Å². The van der Waals surface area contributed by atoms with E-state index in [1.54, 1.807) is 6.92 Å². The highest BCUT2D eigenvalue weighted by Gasteiger charge is 2.51. The van der Waals surface area contributed by atoms with E-state index in [1.807, 2.05) is 20.8 Å². The maximum Gasteiger partial charge on any atom is 0.267 e. The van der Waals surface area contributed by atoms with Gasteiger partial charge in [-0.05, 0) is 44.9 Å². The van der Waals surface area contributed by atoms with Crippen LogP contribution in [0.1, 0.15) is 49.7 Å². The molecule has 1 aromatic carbocycles. The molecule has 1 aliphatic heterocycles. The predicted octanol–water partition coefficient (Wildman–Crippen LogP) is 3.39. The van der Waals surface area contributed by atoms with Gasteiger partial charge in [-0.1, -0.05) is 13.0 Å². The number of hydrogen-bond acceptors (Lipinski definition) is 5. The Morgan fingerprint density at radius 1 is 1.29 bits per heavy atom. The summed E-state index contributed by atoms with van der Waals surface area (Å²) >= 11 is 0. The fourth-order valence-electron chi connectivity index (χ4n) is 3.81. The van der Waals surface area contributed by atoms with Gasteiger partial charge in [0, 0.05) is 23.4 Å². The van der Waals surface area contributed by atoms with Crippen LogP contribution < -0.4 is 15.8 Å². The fourth-order valence-corrected chi connectivity index (χ4v) is 3.81. The van der Waals surface area contributed by atoms with Crippen molar-refractivity contribution in [3.63, 3.8) is 0 Å². The highest BCUT2D eigenvalue weighted by Crippen LogP contribution is 2.49. The predicted molar refractivity (Wildman–Crippen MR) is 110 cm³/mol. The van der Waals surface area contributed by atoms with E-state index in [2.05, 4.69) is 10.3 Å². The zero-order valence-electron chi connectivity index (χ0n) is 17.7. The Balaban J connectivity index is 1.99. The monoisotopic (exact) mass is 433 g/mol. The van der Waals surface area contributed by atoms with Gasteiger partial charge in [0.05, 0.1) is 12.2 Å². The lowest BCUT2D eigenvalue weighted by atomic mass is 9.78. The number of ether oxygens (including phenoxy) is 2. The normalized spacial score (nSPS) is 22.2. The Labute approximate surface area is 178 Å². The molecule has 1 aromatic heterocycles. The van der Waals surface area contributed by atoms with E-state index < -0.39 is 41.1 Å². The van der Waals surface area contributed by atoms with Gasteiger partial charge in [-0.25, -0.2) is 4.39 Å². The number of hydrogen-bond donors (Lipinski definition) is 2. The molecule has 31 heavy (non-hydrogen) atoms. The molecule has 7 nitrogen and oxygen atoms in total. The number of nitrogens with zero attached hydrogens (tertiary/aromatic N) is 1. The van der Waals surface area contributed by atoms with Crippen LogP contribution in [0.4, 0.5) is 14.5 Å². The number of amides is 2. The summed E-state index contributed by atoms with van der Waals surface area (Å²) in [5.74, 6) is -4.43. The number of aromatic nitrogens is 1. The molecule has 3 N–H and O–H groups in total. The number of anilines is 1. The summed E-state index contributed by atoms with van der Waals surface area (Å²) in [5.41, 5.74) is 5.17. The van der Waals surface area contributed by atoms with E-state index in [4.69, 9.17) is 15.2 Å². The highest BCUT2D eigenvalue weighted by atomic mass is 19.2. The number of primary amides is 1. The van der Waals surface area contributed by atoms with Crippen LogP contribution in [-0.2, 0) is 9.53 Å². The Bertz CT molecular complexity index is 1010. The summed E-state index contributed by atoms with van der Waals surface area (Å²) in [6.07, 6.45) is 0.330. The molecule has 2 heterocycles. The van der Waals surface area contributed by atoms with E-state index >= 15 is 0 Å². The number of nitrogens with one attached hydrogen (secondary N) is 1. The fraction of sp³-hybridized carbons (Fsp3) is 0.409. The lowest BCUT2D eigenvalue weighted by molar-refractivity contribution is -0.131. The van der Waals surface area contributed by atoms with Crippen LogP contribution in [0, 0.1) is 17.6 Å². The van der Waals surface area contributed by atoms with Crippen LogP contribution in [0.25, 0.3) is 0 Å². The van der Waals surface area contributed by atoms with Gasteiger partial charge >= 0.3 is 0 Å². The molecule has 2 amide bonds. The number of halogens is 2. The van der Waals surface area contributed by atoms with Gasteiger partial charge in [0.25, 0.3) is 11.8 Å². The number of pyridine rings is 1. The molecule has 0 unspecified atom stereocenters. The third-order valence-electron chi connectivity index (χ3n) is 5.66. The smallest absolute Gasteiger partial charge is 0.267 e. The number of carbonyl (C=O) groups is 2. The molecule has 0 bridgehead atoms. The zero-order valence-corrected chi connectivity index (χ0v) is 17.7. The second kappa shape index (κ2) is 8.58. The van der Waals surface area contributed by atoms with Crippen LogP contribution in [0.15, 0.2) is 30.5 Å². The summed E-state index contributed by atoms with van der Waals surface area (Å²) in [4.78, 5) is 28.4. The highest BCUT2D eigenvalue weighted by molar-refractivity contribution is 5.97. The maximum absolute atomic E-state index is 14.5. The lowest BCUT2D eigenvalue weighted by Gasteiger charge is -2.26. The molecule has 1 saturated heterocycles. The van der Waals surface area contributed by atoms with Crippen LogP contribution >= 0.6 is 0 Å². The topological polar surface area (TPSA) is 104 Å². The molecule has 0 spiro atoms. The zero-order chi connectivity index (χ0) is 22.9. The Hall–Kier alpha value is -3.07. The summed E-state index contributed by atoms with van der Waals surface area (Å²) in [6.45, 7) is 7.33. The van der Waals surface area contributed by atoms with Crippen LogP contribution in [-0.4, -0.2) is 35.1 Å². The van der Waals surface area contributed by atoms with Gasteiger partial charge in [-0.3, -0.25) is 14.6 Å². The third kappa shape index (κ3) is 4.36. The van der Waals surface area contributed by atoms with Crippen molar-refractivity contribution in [2.45, 2.75) is 45.3 Å². The Morgan fingerprint density at radius 2 is 2.00 bits per heavy atom. The first-order valence-electron chi connectivity index (χ1n) is 9.92. The van der Waals surface area contributed by atoms with Gasteiger partial charge in [-0.2, -0.15) is 4.39 Å².